The van der Waals surface area contributed by atoms with Gasteiger partial charge in [-0.3, -0.25) is 9.78 Å². The number of nitrogens with zero attached hydrogens (tertiary/aromatic N) is 1. The quantitative estimate of drug-likeness (QED) is 0.717. The number of Topliss-reactive ketones (excluding diaryl/α,β-unsaturated/α-hetero) is 1. The third kappa shape index (κ3) is 2.43. The van der Waals surface area contributed by atoms with Crippen molar-refractivity contribution < 1.29 is 9.90 Å². The number of hydrogen-bond acceptors (Lipinski definition) is 3. The second-order valence-electron chi connectivity index (χ2n) is 2.69. The molecule has 0 atom stereocenters. The molecule has 0 aliphatic carbocycles. The molecule has 0 unspecified atom stereocenters. The summed E-state index contributed by atoms with van der Waals surface area (Å²) in [6.07, 6.45) is 2.01. The van der Waals surface area contributed by atoms with Crippen molar-refractivity contribution in [2.45, 2.75) is 20.0 Å². The number of hydrogen-bond donors (Lipinski definition) is 1. The molecule has 0 fully saturated rings. The number of aliphatic hydroxyl groups is 1. The van der Waals surface area contributed by atoms with Crippen LogP contribution < -0.4 is 0 Å². The molecule has 12 heavy (non-hydrogen) atoms. The van der Waals surface area contributed by atoms with E-state index < -0.39 is 0 Å². The first-order valence-corrected chi connectivity index (χ1v) is 3.76. The molecule has 0 aliphatic heterocycles. The van der Waals surface area contributed by atoms with Crippen LogP contribution in [-0.2, 0) is 17.8 Å². The number of carbonyl (C=O) groups excluding carboxylic acids is 1. The molecule has 64 valence electrons. The fourth-order valence-electron chi connectivity index (χ4n) is 1.01. The van der Waals surface area contributed by atoms with Crippen LogP contribution in [0.3, 0.4) is 0 Å². The van der Waals surface area contributed by atoms with Crippen LogP contribution in [0.1, 0.15) is 18.2 Å². The minimum Gasteiger partial charge on any atom is -0.390 e. The second-order valence-corrected chi connectivity index (χ2v) is 2.69. The van der Waals surface area contributed by atoms with Crippen LogP contribution >= 0.6 is 0 Å². The molecule has 0 radical (unpaired) electrons. The van der Waals surface area contributed by atoms with E-state index in [1.165, 1.54) is 0 Å². The Balaban J connectivity index is 2.79. The lowest BCUT2D eigenvalue weighted by molar-refractivity contribution is -0.116. The maximum atomic E-state index is 10.7. The van der Waals surface area contributed by atoms with Gasteiger partial charge in [-0.15, -0.1) is 0 Å². The molecule has 0 aliphatic rings. The summed E-state index contributed by atoms with van der Waals surface area (Å²) in [6.45, 7) is 1.46. The van der Waals surface area contributed by atoms with Crippen molar-refractivity contribution in [3.8, 4) is 0 Å². The van der Waals surface area contributed by atoms with Crippen molar-refractivity contribution in [2.24, 2.45) is 0 Å². The average Bonchev–Trinajstić information content (AvgIpc) is 2.03. The van der Waals surface area contributed by atoms with Gasteiger partial charge in [0.1, 0.15) is 5.78 Å². The highest BCUT2D eigenvalue weighted by Crippen LogP contribution is 2.02. The number of ketones is 1. The summed E-state index contributed by atoms with van der Waals surface area (Å²) < 4.78 is 0. The summed E-state index contributed by atoms with van der Waals surface area (Å²) in [5, 5.41) is 8.75. The lowest BCUT2D eigenvalue weighted by Gasteiger charge is -1.99. The van der Waals surface area contributed by atoms with Crippen LogP contribution in [0.15, 0.2) is 18.3 Å². The van der Waals surface area contributed by atoms with Crippen molar-refractivity contribution in [3.05, 3.63) is 29.6 Å². The Labute approximate surface area is 71.1 Å². The van der Waals surface area contributed by atoms with Gasteiger partial charge in [-0.1, -0.05) is 0 Å². The highest BCUT2D eigenvalue weighted by Gasteiger charge is 1.98. The molecule has 0 saturated heterocycles. The Morgan fingerprint density at radius 3 is 3.00 bits per heavy atom. The van der Waals surface area contributed by atoms with Crippen molar-refractivity contribution in [3.63, 3.8) is 0 Å². The lowest BCUT2D eigenvalue weighted by atomic mass is 10.1. The standard InChI is InChI=1S/C9H11NO2/c1-7(12)4-8-2-3-10-9(5-8)6-11/h2-3,5,11H,4,6H2,1H3. The van der Waals surface area contributed by atoms with E-state index in [4.69, 9.17) is 5.11 Å². The molecule has 3 nitrogen and oxygen atoms in total. The molecule has 0 bridgehead atoms. The molecule has 1 rings (SSSR count). The fraction of sp³-hybridized carbons (Fsp3) is 0.333. The van der Waals surface area contributed by atoms with Gasteiger partial charge in [0.05, 0.1) is 12.3 Å². The summed E-state index contributed by atoms with van der Waals surface area (Å²) in [5.41, 5.74) is 1.51. The smallest absolute Gasteiger partial charge is 0.134 e. The first-order valence-electron chi connectivity index (χ1n) is 3.76. The number of aliphatic hydroxyl groups excluding tert-OH is 1. The molecule has 0 aromatic carbocycles. The minimum absolute atomic E-state index is 0.0776. The van der Waals surface area contributed by atoms with Crippen LogP contribution in [-0.4, -0.2) is 15.9 Å². The van der Waals surface area contributed by atoms with E-state index >= 15 is 0 Å². The Morgan fingerprint density at radius 2 is 2.42 bits per heavy atom. The van der Waals surface area contributed by atoms with E-state index in [1.807, 2.05) is 0 Å². The lowest BCUT2D eigenvalue weighted by Crippen LogP contribution is -1.98. The highest BCUT2D eigenvalue weighted by molar-refractivity contribution is 5.78. The van der Waals surface area contributed by atoms with E-state index in [9.17, 15) is 4.79 Å². The van der Waals surface area contributed by atoms with Gasteiger partial charge in [0, 0.05) is 12.6 Å². The predicted octanol–water partition coefficient (Wildman–Crippen LogP) is 0.705. The molecule has 1 aromatic rings. The largest absolute Gasteiger partial charge is 0.390 e. The van der Waals surface area contributed by atoms with Gasteiger partial charge >= 0.3 is 0 Å². The van der Waals surface area contributed by atoms with Gasteiger partial charge < -0.3 is 5.11 Å². The first kappa shape index (κ1) is 8.87. The van der Waals surface area contributed by atoms with Crippen molar-refractivity contribution in [1.29, 1.82) is 0 Å². The summed E-state index contributed by atoms with van der Waals surface area (Å²) >= 11 is 0. The zero-order valence-electron chi connectivity index (χ0n) is 6.95. The Morgan fingerprint density at radius 1 is 1.67 bits per heavy atom. The molecule has 3 heteroatoms. The van der Waals surface area contributed by atoms with Gasteiger partial charge in [0.15, 0.2) is 0 Å². The SMILES string of the molecule is CC(=O)Cc1ccnc(CO)c1. The molecule has 0 saturated carbocycles. The first-order chi connectivity index (χ1) is 5.72. The van der Waals surface area contributed by atoms with Crippen LogP contribution in [0, 0.1) is 0 Å². The fourth-order valence-corrected chi connectivity index (χ4v) is 1.01. The maximum absolute atomic E-state index is 10.7. The minimum atomic E-state index is -0.0776. The predicted molar refractivity (Wildman–Crippen MR) is 44.5 cm³/mol. The summed E-state index contributed by atoms with van der Waals surface area (Å²) in [5.74, 6) is 0.116. The van der Waals surface area contributed by atoms with Crippen LogP contribution in [0.25, 0.3) is 0 Å². The van der Waals surface area contributed by atoms with E-state index in [0.29, 0.717) is 12.1 Å². The third-order valence-corrected chi connectivity index (χ3v) is 1.50. The van der Waals surface area contributed by atoms with E-state index in [-0.39, 0.29) is 12.4 Å². The molecular weight excluding hydrogens is 154 g/mol. The molecule has 1 aromatic heterocycles. The molecule has 1 heterocycles. The summed E-state index contributed by atoms with van der Waals surface area (Å²) in [6, 6.07) is 3.52. The Kier molecular flexibility index (Phi) is 2.94. The van der Waals surface area contributed by atoms with Crippen molar-refractivity contribution in [1.82, 2.24) is 4.98 Å². The zero-order valence-corrected chi connectivity index (χ0v) is 6.95. The average molecular weight is 165 g/mol. The van der Waals surface area contributed by atoms with Crippen LogP contribution in [0.4, 0.5) is 0 Å². The Hall–Kier alpha value is -1.22. The zero-order chi connectivity index (χ0) is 8.97. The summed E-state index contributed by atoms with van der Waals surface area (Å²) in [7, 11) is 0. The number of pyridine rings is 1. The second kappa shape index (κ2) is 3.97. The van der Waals surface area contributed by atoms with Crippen LogP contribution in [0.2, 0.25) is 0 Å². The maximum Gasteiger partial charge on any atom is 0.134 e. The molecule has 1 N–H and O–H groups in total. The van der Waals surface area contributed by atoms with E-state index in [2.05, 4.69) is 4.98 Å². The Bertz CT molecular complexity index is 284. The number of rotatable bonds is 3. The van der Waals surface area contributed by atoms with E-state index in [0.717, 1.165) is 5.56 Å². The summed E-state index contributed by atoms with van der Waals surface area (Å²) in [4.78, 5) is 14.6. The number of aromatic nitrogens is 1. The van der Waals surface area contributed by atoms with Gasteiger partial charge in [-0.2, -0.15) is 0 Å². The molecular formula is C9H11NO2. The van der Waals surface area contributed by atoms with Crippen molar-refractivity contribution >= 4 is 5.78 Å². The molecule has 0 amide bonds. The normalized spacial score (nSPS) is 9.83. The van der Waals surface area contributed by atoms with Crippen LogP contribution in [0.5, 0.6) is 0 Å². The monoisotopic (exact) mass is 165 g/mol. The topological polar surface area (TPSA) is 50.2 Å². The van der Waals surface area contributed by atoms with Gasteiger partial charge in [-0.25, -0.2) is 0 Å². The third-order valence-electron chi connectivity index (χ3n) is 1.50. The van der Waals surface area contributed by atoms with Gasteiger partial charge in [0.2, 0.25) is 0 Å². The van der Waals surface area contributed by atoms with Crippen molar-refractivity contribution in [2.75, 3.05) is 0 Å². The van der Waals surface area contributed by atoms with E-state index in [1.54, 1.807) is 25.3 Å². The molecule has 0 spiro atoms. The van der Waals surface area contributed by atoms with Gasteiger partial charge in [0.25, 0.3) is 0 Å². The number of carbonyl (C=O) groups is 1. The van der Waals surface area contributed by atoms with Gasteiger partial charge in [-0.05, 0) is 24.6 Å². The highest BCUT2D eigenvalue weighted by atomic mass is 16.3.